The van der Waals surface area contributed by atoms with Gasteiger partial charge in [0.05, 0.1) is 25.4 Å². The Hall–Kier alpha value is -2.38. The second-order valence-corrected chi connectivity index (χ2v) is 24.3. The molecule has 11 nitrogen and oxygen atoms in total. The van der Waals surface area contributed by atoms with E-state index in [1.807, 2.05) is 6.08 Å². The monoisotopic (exact) mass is 1160 g/mol. The van der Waals surface area contributed by atoms with Crippen LogP contribution in [0.3, 0.4) is 0 Å². The lowest BCUT2D eigenvalue weighted by Crippen LogP contribution is -2.61. The van der Waals surface area contributed by atoms with Gasteiger partial charge in [0.15, 0.2) is 12.4 Å². The van der Waals surface area contributed by atoms with E-state index in [-0.39, 0.29) is 19.4 Å². The summed E-state index contributed by atoms with van der Waals surface area (Å²) in [6, 6.07) is -1.02. The molecule has 1 amide bonds. The molecule has 0 aromatic heterocycles. The normalized spacial score (nSPS) is 18.9. The molecule has 8 unspecified atom stereocenters. The molecule has 0 aromatic rings. The maximum absolute atomic E-state index is 13.5. The van der Waals surface area contributed by atoms with E-state index in [1.165, 1.54) is 212 Å². The predicted molar refractivity (Wildman–Crippen MR) is 343 cm³/mol. The number of carbonyl (C=O) groups excluding carboxylic acids is 2. The van der Waals surface area contributed by atoms with Crippen molar-refractivity contribution in [1.82, 2.24) is 5.32 Å². The van der Waals surface area contributed by atoms with Crippen molar-refractivity contribution in [3.05, 3.63) is 48.6 Å². The van der Waals surface area contributed by atoms with Gasteiger partial charge in [-0.2, -0.15) is 0 Å². The molecule has 82 heavy (non-hydrogen) atoms. The fourth-order valence-electron chi connectivity index (χ4n) is 10.9. The highest BCUT2D eigenvalue weighted by Crippen LogP contribution is 2.26. The van der Waals surface area contributed by atoms with Crippen LogP contribution < -0.4 is 5.32 Å². The third kappa shape index (κ3) is 45.9. The SMILES string of the molecule is CCCCC/C=C\C/C=C\CCCCCCCCCCCCC(O)C(=O)NC(COC1OC(CO)C(O)C(O)C1OC(=O)CCCCCCCCCCCCC/C=C/CCCCCCCC)C(O)/C=C/CCCCCCCCCCCC. The number of amides is 1. The Balaban J connectivity index is 2.59. The van der Waals surface area contributed by atoms with E-state index in [2.05, 4.69) is 62.5 Å². The first-order valence-electron chi connectivity index (χ1n) is 34.9. The maximum Gasteiger partial charge on any atom is 0.306 e. The van der Waals surface area contributed by atoms with Crippen LogP contribution in [0.25, 0.3) is 0 Å². The lowest BCUT2D eigenvalue weighted by atomic mass is 9.99. The highest BCUT2D eigenvalue weighted by Gasteiger charge is 2.47. The van der Waals surface area contributed by atoms with Crippen LogP contribution in [0.1, 0.15) is 329 Å². The van der Waals surface area contributed by atoms with E-state index in [1.54, 1.807) is 6.08 Å². The van der Waals surface area contributed by atoms with Crippen molar-refractivity contribution in [2.24, 2.45) is 0 Å². The van der Waals surface area contributed by atoms with Crippen molar-refractivity contribution >= 4 is 11.9 Å². The number of esters is 1. The van der Waals surface area contributed by atoms with Crippen LogP contribution in [0.4, 0.5) is 0 Å². The van der Waals surface area contributed by atoms with Gasteiger partial charge in [0.2, 0.25) is 5.91 Å². The summed E-state index contributed by atoms with van der Waals surface area (Å²) in [5, 5.41) is 57.2. The molecule has 480 valence electrons. The molecule has 0 bridgehead atoms. The van der Waals surface area contributed by atoms with Gasteiger partial charge in [-0.3, -0.25) is 9.59 Å². The second kappa shape index (κ2) is 59.0. The number of hydrogen-bond acceptors (Lipinski definition) is 10. The number of aliphatic hydroxyl groups excluding tert-OH is 5. The summed E-state index contributed by atoms with van der Waals surface area (Å²) < 4.78 is 17.7. The van der Waals surface area contributed by atoms with Crippen LogP contribution in [0.5, 0.6) is 0 Å². The van der Waals surface area contributed by atoms with Gasteiger partial charge in [-0.05, 0) is 83.5 Å². The Bertz CT molecular complexity index is 1520. The highest BCUT2D eigenvalue weighted by atomic mass is 16.7. The molecule has 1 aliphatic heterocycles. The van der Waals surface area contributed by atoms with Gasteiger partial charge >= 0.3 is 5.97 Å². The molecule has 1 fully saturated rings. The molecule has 0 radical (unpaired) electrons. The van der Waals surface area contributed by atoms with Crippen molar-refractivity contribution in [3.8, 4) is 0 Å². The Kier molecular flexibility index (Phi) is 55.8. The Morgan fingerprint density at radius 3 is 1.28 bits per heavy atom. The molecule has 0 spiro atoms. The average molecular weight is 1160 g/mol. The predicted octanol–water partition coefficient (Wildman–Crippen LogP) is 17.6. The summed E-state index contributed by atoms with van der Waals surface area (Å²) in [6.45, 7) is 5.80. The molecule has 1 rings (SSSR count). The summed E-state index contributed by atoms with van der Waals surface area (Å²) in [7, 11) is 0. The summed E-state index contributed by atoms with van der Waals surface area (Å²) >= 11 is 0. The van der Waals surface area contributed by atoms with Crippen LogP contribution in [0, 0.1) is 0 Å². The van der Waals surface area contributed by atoms with Gasteiger partial charge < -0.3 is 45.1 Å². The van der Waals surface area contributed by atoms with Crippen LogP contribution in [-0.4, -0.2) is 99.6 Å². The first-order chi connectivity index (χ1) is 40.2. The van der Waals surface area contributed by atoms with E-state index in [0.29, 0.717) is 12.8 Å². The van der Waals surface area contributed by atoms with Gasteiger partial charge in [0, 0.05) is 6.42 Å². The Labute approximate surface area is 504 Å². The molecule has 0 aliphatic carbocycles. The first kappa shape index (κ1) is 77.6. The lowest BCUT2D eigenvalue weighted by Gasteiger charge is -2.41. The molecule has 1 saturated heterocycles. The smallest absolute Gasteiger partial charge is 0.306 e. The minimum Gasteiger partial charge on any atom is -0.454 e. The zero-order valence-electron chi connectivity index (χ0n) is 53.4. The molecule has 0 saturated carbocycles. The van der Waals surface area contributed by atoms with E-state index in [4.69, 9.17) is 14.2 Å². The quantitative estimate of drug-likeness (QED) is 0.0195. The molecule has 0 aromatic carbocycles. The van der Waals surface area contributed by atoms with Crippen molar-refractivity contribution in [3.63, 3.8) is 0 Å². The lowest BCUT2D eigenvalue weighted by molar-refractivity contribution is -0.305. The zero-order chi connectivity index (χ0) is 59.6. The standard InChI is InChI=1S/C71H131NO10/c1-4-7-10-13-16-19-22-25-27-29-31-33-35-37-39-41-44-47-50-53-56-59-66(76)82-69-68(78)67(77)65(60-73)81-71(69)80-61-62(63(74)57-54-51-48-45-42-24-21-18-15-12-9-6-3)72-70(79)64(75)58-55-52-49-46-43-40-38-36-34-32-30-28-26-23-20-17-14-11-8-5-2/h17,20,25-28,54,57,62-65,67-69,71,73-75,77-78H,4-16,18-19,21-24,29-53,55-56,58-61H2,1-3H3,(H,72,79)/b20-17-,27-25+,28-26-,57-54+. The molecule has 11 heteroatoms. The molecular weight excluding hydrogens is 1030 g/mol. The van der Waals surface area contributed by atoms with Crippen LogP contribution in [0.15, 0.2) is 48.6 Å². The number of carbonyl (C=O) groups is 2. The number of ether oxygens (including phenoxy) is 3. The van der Waals surface area contributed by atoms with Crippen molar-refractivity contribution in [2.75, 3.05) is 13.2 Å². The van der Waals surface area contributed by atoms with Crippen molar-refractivity contribution in [2.45, 2.75) is 378 Å². The largest absolute Gasteiger partial charge is 0.454 e. The fraction of sp³-hybridized carbons (Fsp3) is 0.859. The third-order valence-electron chi connectivity index (χ3n) is 16.5. The third-order valence-corrected chi connectivity index (χ3v) is 16.5. The summed E-state index contributed by atoms with van der Waals surface area (Å²) in [5.74, 6) is -1.19. The van der Waals surface area contributed by atoms with Crippen molar-refractivity contribution in [1.29, 1.82) is 0 Å². The molecule has 1 aliphatic rings. The first-order valence-corrected chi connectivity index (χ1v) is 34.9. The van der Waals surface area contributed by atoms with E-state index in [9.17, 15) is 35.1 Å². The summed E-state index contributed by atoms with van der Waals surface area (Å²) in [4.78, 5) is 26.7. The maximum atomic E-state index is 13.5. The molecular formula is C71H131NO10. The van der Waals surface area contributed by atoms with E-state index < -0.39 is 67.4 Å². The molecule has 6 N–H and O–H groups in total. The van der Waals surface area contributed by atoms with Crippen molar-refractivity contribution < 1.29 is 49.3 Å². The zero-order valence-corrected chi connectivity index (χ0v) is 53.4. The number of aliphatic hydroxyl groups is 5. The fourth-order valence-corrected chi connectivity index (χ4v) is 10.9. The minimum atomic E-state index is -1.61. The van der Waals surface area contributed by atoms with Crippen LogP contribution >= 0.6 is 0 Å². The number of nitrogens with one attached hydrogen (secondary N) is 1. The van der Waals surface area contributed by atoms with E-state index >= 15 is 0 Å². The topological polar surface area (TPSA) is 175 Å². The van der Waals surface area contributed by atoms with Crippen LogP contribution in [-0.2, 0) is 23.8 Å². The second-order valence-electron chi connectivity index (χ2n) is 24.3. The van der Waals surface area contributed by atoms with Gasteiger partial charge in [-0.15, -0.1) is 0 Å². The highest BCUT2D eigenvalue weighted by molar-refractivity contribution is 5.80. The van der Waals surface area contributed by atoms with Gasteiger partial charge in [0.1, 0.15) is 24.4 Å². The van der Waals surface area contributed by atoms with E-state index in [0.717, 1.165) is 70.6 Å². The summed E-state index contributed by atoms with van der Waals surface area (Å²) in [6.07, 6.45) is 62.9. The molecule has 1 heterocycles. The number of hydrogen-bond donors (Lipinski definition) is 6. The number of rotatable bonds is 60. The minimum absolute atomic E-state index is 0.124. The van der Waals surface area contributed by atoms with Gasteiger partial charge in [0.25, 0.3) is 0 Å². The Morgan fingerprint density at radius 2 is 0.841 bits per heavy atom. The van der Waals surface area contributed by atoms with Gasteiger partial charge in [-0.25, -0.2) is 0 Å². The average Bonchev–Trinajstić information content (AvgIpc) is 3.66. The van der Waals surface area contributed by atoms with Crippen LogP contribution in [0.2, 0.25) is 0 Å². The van der Waals surface area contributed by atoms with Gasteiger partial charge in [-0.1, -0.05) is 288 Å². The number of allylic oxidation sites excluding steroid dienone is 7. The molecule has 8 atom stereocenters. The Morgan fingerprint density at radius 1 is 0.476 bits per heavy atom. The number of unbranched alkanes of at least 4 members (excludes halogenated alkanes) is 40. The summed E-state index contributed by atoms with van der Waals surface area (Å²) in [5.41, 5.74) is 0.